The molecule has 3 aliphatic heterocycles. The van der Waals surface area contributed by atoms with Crippen molar-refractivity contribution in [1.82, 2.24) is 15.1 Å². The van der Waals surface area contributed by atoms with Crippen molar-refractivity contribution in [1.29, 1.82) is 0 Å². The number of benzene rings is 1. The van der Waals surface area contributed by atoms with Crippen molar-refractivity contribution in [2.24, 2.45) is 0 Å². The molecule has 1 aromatic rings. The van der Waals surface area contributed by atoms with Gasteiger partial charge in [0.1, 0.15) is 6.61 Å². The first-order chi connectivity index (χ1) is 14.5. The van der Waals surface area contributed by atoms with Crippen LogP contribution in [0.1, 0.15) is 31.2 Å². The molecule has 2 N–H and O–H groups in total. The molecule has 0 aromatic heterocycles. The molecule has 1 atom stereocenters. The third-order valence-electron chi connectivity index (χ3n) is 5.80. The second-order valence-electron chi connectivity index (χ2n) is 7.93. The van der Waals surface area contributed by atoms with E-state index >= 15 is 0 Å². The number of nitrogens with zero attached hydrogens (tertiary/aromatic N) is 2. The van der Waals surface area contributed by atoms with Crippen LogP contribution in [0.4, 0.5) is 9.59 Å². The summed E-state index contributed by atoms with van der Waals surface area (Å²) in [5.41, 5.74) is 0.782. The van der Waals surface area contributed by atoms with E-state index in [0.29, 0.717) is 32.5 Å². The Morgan fingerprint density at radius 1 is 1.23 bits per heavy atom. The molecule has 0 bridgehead atoms. The Balaban J connectivity index is 0.000000806. The SMILES string of the molecule is O=C1OCC2(CCN(C(=O)N[C@H]3CCCN(Cc4ccccc4)C3)CC2)O1.O=CO. The van der Waals surface area contributed by atoms with Crippen molar-refractivity contribution in [3.05, 3.63) is 35.9 Å². The maximum Gasteiger partial charge on any atom is 0.509 e. The highest BCUT2D eigenvalue weighted by atomic mass is 16.8. The normalized spacial score (nSPS) is 23.0. The number of cyclic esters (lactones) is 1. The summed E-state index contributed by atoms with van der Waals surface area (Å²) in [4.78, 5) is 36.5. The molecule has 3 heterocycles. The van der Waals surface area contributed by atoms with Gasteiger partial charge < -0.3 is 24.8 Å². The van der Waals surface area contributed by atoms with Crippen molar-refractivity contribution in [3.63, 3.8) is 0 Å². The average Bonchev–Trinajstić information content (AvgIpc) is 3.10. The molecule has 3 fully saturated rings. The number of amides is 2. The van der Waals surface area contributed by atoms with Crippen LogP contribution in [-0.4, -0.2) is 78.0 Å². The predicted molar refractivity (Wildman–Crippen MR) is 108 cm³/mol. The van der Waals surface area contributed by atoms with Gasteiger partial charge in [-0.3, -0.25) is 9.69 Å². The monoisotopic (exact) mass is 419 g/mol. The van der Waals surface area contributed by atoms with Gasteiger partial charge in [-0.1, -0.05) is 30.3 Å². The summed E-state index contributed by atoms with van der Waals surface area (Å²) in [5.74, 6) is 0. The molecule has 3 saturated heterocycles. The van der Waals surface area contributed by atoms with Crippen LogP contribution < -0.4 is 5.32 Å². The summed E-state index contributed by atoms with van der Waals surface area (Å²) in [6, 6.07) is 10.6. The summed E-state index contributed by atoms with van der Waals surface area (Å²) in [7, 11) is 0. The maximum atomic E-state index is 12.7. The summed E-state index contributed by atoms with van der Waals surface area (Å²) in [6.45, 7) is 4.09. The summed E-state index contributed by atoms with van der Waals surface area (Å²) >= 11 is 0. The molecule has 0 radical (unpaired) electrons. The highest BCUT2D eigenvalue weighted by Crippen LogP contribution is 2.31. The van der Waals surface area contributed by atoms with Crippen LogP contribution in [0.5, 0.6) is 0 Å². The van der Waals surface area contributed by atoms with Gasteiger partial charge in [0.15, 0.2) is 5.60 Å². The number of carbonyl (C=O) groups is 3. The second kappa shape index (κ2) is 10.3. The van der Waals surface area contributed by atoms with E-state index in [4.69, 9.17) is 19.4 Å². The minimum atomic E-state index is -0.589. The first-order valence-electron chi connectivity index (χ1n) is 10.3. The van der Waals surface area contributed by atoms with Crippen LogP contribution in [0.2, 0.25) is 0 Å². The van der Waals surface area contributed by atoms with Crippen LogP contribution in [0, 0.1) is 0 Å². The largest absolute Gasteiger partial charge is 0.509 e. The van der Waals surface area contributed by atoms with Crippen molar-refractivity contribution in [3.8, 4) is 0 Å². The fourth-order valence-corrected chi connectivity index (χ4v) is 4.21. The summed E-state index contributed by atoms with van der Waals surface area (Å²) in [6.07, 6.45) is 2.79. The molecule has 0 unspecified atom stereocenters. The molecule has 3 aliphatic rings. The van der Waals surface area contributed by atoms with Gasteiger partial charge in [-0.05, 0) is 24.9 Å². The molecule has 9 heteroatoms. The van der Waals surface area contributed by atoms with Crippen LogP contribution >= 0.6 is 0 Å². The quantitative estimate of drug-likeness (QED) is 0.570. The van der Waals surface area contributed by atoms with Gasteiger partial charge in [-0.25, -0.2) is 9.59 Å². The van der Waals surface area contributed by atoms with Crippen LogP contribution in [-0.2, 0) is 20.8 Å². The lowest BCUT2D eigenvalue weighted by Crippen LogP contribution is -2.55. The Bertz CT molecular complexity index is 721. The van der Waals surface area contributed by atoms with Crippen LogP contribution in [0.25, 0.3) is 0 Å². The number of hydrogen-bond acceptors (Lipinski definition) is 6. The third kappa shape index (κ3) is 5.85. The molecular formula is C21H29N3O6. The number of nitrogens with one attached hydrogen (secondary N) is 1. The number of likely N-dealkylation sites (tertiary alicyclic amines) is 2. The smallest absolute Gasteiger partial charge is 0.483 e. The van der Waals surface area contributed by atoms with Crippen molar-refractivity contribution < 1.29 is 29.0 Å². The highest BCUT2D eigenvalue weighted by molar-refractivity contribution is 5.74. The highest BCUT2D eigenvalue weighted by Gasteiger charge is 2.45. The van der Waals surface area contributed by atoms with Crippen LogP contribution in [0.3, 0.4) is 0 Å². The van der Waals surface area contributed by atoms with Gasteiger partial charge in [0.2, 0.25) is 0 Å². The molecule has 9 nitrogen and oxygen atoms in total. The van der Waals surface area contributed by atoms with Gasteiger partial charge in [0, 0.05) is 45.1 Å². The predicted octanol–water partition coefficient (Wildman–Crippen LogP) is 2.06. The lowest BCUT2D eigenvalue weighted by Gasteiger charge is -2.38. The Hall–Kier alpha value is -2.81. The minimum Gasteiger partial charge on any atom is -0.483 e. The standard InChI is InChI=1S/C20H27N3O4.CH2O2/c24-18(23-11-8-20(9-12-23)15-26-19(25)27-20)21-17-7-4-10-22(14-17)13-16-5-2-1-3-6-16;2-1-3/h1-3,5-6,17H,4,7-15H2,(H,21,24);1H,(H,2,3)/t17-;/m0./s1. The zero-order valence-corrected chi connectivity index (χ0v) is 17.0. The van der Waals surface area contributed by atoms with Gasteiger partial charge in [0.05, 0.1) is 0 Å². The minimum absolute atomic E-state index is 0.0124. The maximum absolute atomic E-state index is 12.7. The van der Waals surface area contributed by atoms with E-state index in [1.165, 1.54) is 5.56 Å². The fraction of sp³-hybridized carbons (Fsp3) is 0.571. The number of piperidine rings is 2. The van der Waals surface area contributed by atoms with E-state index in [1.54, 1.807) is 0 Å². The van der Waals surface area contributed by atoms with Gasteiger partial charge in [-0.15, -0.1) is 0 Å². The lowest BCUT2D eigenvalue weighted by atomic mass is 9.92. The first kappa shape index (κ1) is 21.9. The van der Waals surface area contributed by atoms with E-state index in [9.17, 15) is 9.59 Å². The molecule has 4 rings (SSSR count). The van der Waals surface area contributed by atoms with E-state index in [-0.39, 0.29) is 18.5 Å². The van der Waals surface area contributed by atoms with Crippen molar-refractivity contribution in [2.45, 2.75) is 43.9 Å². The van der Waals surface area contributed by atoms with E-state index in [0.717, 1.165) is 32.5 Å². The lowest BCUT2D eigenvalue weighted by molar-refractivity contribution is -0.122. The van der Waals surface area contributed by atoms with E-state index < -0.39 is 11.8 Å². The topological polar surface area (TPSA) is 108 Å². The van der Waals surface area contributed by atoms with Crippen molar-refractivity contribution >= 4 is 18.7 Å². The van der Waals surface area contributed by atoms with Gasteiger partial charge in [-0.2, -0.15) is 0 Å². The first-order valence-corrected chi connectivity index (χ1v) is 10.3. The third-order valence-corrected chi connectivity index (χ3v) is 5.80. The Morgan fingerprint density at radius 3 is 2.57 bits per heavy atom. The second-order valence-corrected chi connectivity index (χ2v) is 7.93. The molecule has 30 heavy (non-hydrogen) atoms. The summed E-state index contributed by atoms with van der Waals surface area (Å²) < 4.78 is 10.3. The molecule has 0 saturated carbocycles. The summed E-state index contributed by atoms with van der Waals surface area (Å²) in [5, 5.41) is 10.1. The van der Waals surface area contributed by atoms with E-state index in [1.807, 2.05) is 11.0 Å². The number of carbonyl (C=O) groups excluding carboxylic acids is 2. The Labute approximate surface area is 175 Å². The molecule has 2 amide bonds. The van der Waals surface area contributed by atoms with E-state index in [2.05, 4.69) is 34.5 Å². The molecule has 0 aliphatic carbocycles. The number of hydrogen-bond donors (Lipinski definition) is 2. The van der Waals surface area contributed by atoms with Gasteiger partial charge >= 0.3 is 12.2 Å². The zero-order chi connectivity index (χ0) is 21.4. The number of rotatable bonds is 3. The van der Waals surface area contributed by atoms with Crippen LogP contribution in [0.15, 0.2) is 30.3 Å². The Morgan fingerprint density at radius 2 is 1.93 bits per heavy atom. The number of ether oxygens (including phenoxy) is 2. The molecule has 1 spiro atoms. The number of urea groups is 1. The van der Waals surface area contributed by atoms with Crippen molar-refractivity contribution in [2.75, 3.05) is 32.8 Å². The zero-order valence-electron chi connectivity index (χ0n) is 17.0. The molecule has 1 aromatic carbocycles. The Kier molecular flexibility index (Phi) is 7.51. The fourth-order valence-electron chi connectivity index (χ4n) is 4.21. The molecule has 164 valence electrons. The van der Waals surface area contributed by atoms with Gasteiger partial charge in [0.25, 0.3) is 6.47 Å². The average molecular weight is 419 g/mol. The number of carboxylic acid groups (broad SMARTS) is 1. The molecular weight excluding hydrogens is 390 g/mol.